The lowest BCUT2D eigenvalue weighted by atomic mass is 9.97. The molecule has 0 radical (unpaired) electrons. The third-order valence-electron chi connectivity index (χ3n) is 4.82. The number of nitrogens with one attached hydrogen (secondary N) is 1. The van der Waals surface area contributed by atoms with Gasteiger partial charge in [0.15, 0.2) is 12.6 Å². The van der Waals surface area contributed by atoms with Crippen molar-refractivity contribution in [1.29, 1.82) is 0 Å². The third kappa shape index (κ3) is 4.73. The monoisotopic (exact) mass is 409 g/mol. The van der Waals surface area contributed by atoms with Gasteiger partial charge in [-0.15, -0.1) is 0 Å². The molecule has 1 atom stereocenters. The quantitative estimate of drug-likeness (QED) is 0.727. The maximum Gasteiger partial charge on any atom is 0.416 e. The van der Waals surface area contributed by atoms with E-state index in [4.69, 9.17) is 9.47 Å². The molecular formula is C20H22F3N3O3. The van der Waals surface area contributed by atoms with Gasteiger partial charge in [0.05, 0.1) is 24.8 Å². The number of nitrogens with zero attached hydrogens (tertiary/aromatic N) is 2. The number of carbonyl (C=O) groups excluding carboxylic acids is 1. The van der Waals surface area contributed by atoms with Crippen molar-refractivity contribution in [3.8, 4) is 0 Å². The minimum atomic E-state index is -4.43. The van der Waals surface area contributed by atoms with E-state index in [0.29, 0.717) is 42.3 Å². The number of anilines is 1. The average molecular weight is 409 g/mol. The largest absolute Gasteiger partial charge is 0.416 e. The maximum atomic E-state index is 13.3. The van der Waals surface area contributed by atoms with Crippen LogP contribution in [0.15, 0.2) is 18.2 Å². The fourth-order valence-corrected chi connectivity index (χ4v) is 3.44. The molecule has 1 fully saturated rings. The van der Waals surface area contributed by atoms with Crippen molar-refractivity contribution >= 4 is 12.1 Å². The molecule has 1 aromatic carbocycles. The van der Waals surface area contributed by atoms with Gasteiger partial charge in [-0.05, 0) is 38.0 Å². The smallest absolute Gasteiger partial charge is 0.363 e. The molecule has 1 aliphatic heterocycles. The van der Waals surface area contributed by atoms with E-state index >= 15 is 0 Å². The van der Waals surface area contributed by atoms with Gasteiger partial charge in [-0.2, -0.15) is 13.2 Å². The minimum absolute atomic E-state index is 0.144. The lowest BCUT2D eigenvalue weighted by molar-refractivity contribution is -0.138. The predicted molar refractivity (Wildman–Crippen MR) is 99.8 cm³/mol. The number of ether oxygens (including phenoxy) is 2. The molecule has 1 aromatic heterocycles. The summed E-state index contributed by atoms with van der Waals surface area (Å²) in [5, 5.41) is 3.15. The number of alkyl halides is 3. The molecule has 1 aliphatic rings. The summed E-state index contributed by atoms with van der Waals surface area (Å²) in [6.07, 6.45) is -4.07. The number of hydrogen-bond acceptors (Lipinski definition) is 6. The Kier molecular flexibility index (Phi) is 6.18. The first-order chi connectivity index (χ1) is 13.7. The predicted octanol–water partition coefficient (Wildman–Crippen LogP) is 4.01. The van der Waals surface area contributed by atoms with Gasteiger partial charge in [0.1, 0.15) is 17.3 Å². The van der Waals surface area contributed by atoms with E-state index in [-0.39, 0.29) is 17.7 Å². The van der Waals surface area contributed by atoms with Crippen molar-refractivity contribution in [2.45, 2.75) is 45.7 Å². The zero-order valence-corrected chi connectivity index (χ0v) is 16.3. The number of aldehydes is 1. The molecule has 0 aliphatic carbocycles. The van der Waals surface area contributed by atoms with Crippen LogP contribution in [0.4, 0.5) is 19.0 Å². The van der Waals surface area contributed by atoms with Gasteiger partial charge in [0.2, 0.25) is 0 Å². The lowest BCUT2D eigenvalue weighted by Gasteiger charge is -2.22. The fourth-order valence-electron chi connectivity index (χ4n) is 3.44. The van der Waals surface area contributed by atoms with Crippen LogP contribution in [0.5, 0.6) is 0 Å². The maximum absolute atomic E-state index is 13.3. The van der Waals surface area contributed by atoms with Crippen LogP contribution in [0.3, 0.4) is 0 Å². The summed E-state index contributed by atoms with van der Waals surface area (Å²) in [6, 6.07) is 3.59. The van der Waals surface area contributed by atoms with E-state index in [1.54, 1.807) is 19.9 Å². The number of carbonyl (C=O) groups is 1. The molecule has 2 heterocycles. The zero-order chi connectivity index (χ0) is 21.2. The van der Waals surface area contributed by atoms with Crippen LogP contribution in [-0.2, 0) is 22.1 Å². The molecule has 156 valence electrons. The molecule has 3 rings (SSSR count). The Bertz CT molecular complexity index is 897. The molecular weight excluding hydrogens is 387 g/mol. The summed E-state index contributed by atoms with van der Waals surface area (Å²) in [6.45, 7) is 5.74. The summed E-state index contributed by atoms with van der Waals surface area (Å²) in [5.74, 6) is 0.752. The molecule has 2 aromatic rings. The van der Waals surface area contributed by atoms with Crippen LogP contribution in [0.1, 0.15) is 51.5 Å². The third-order valence-corrected chi connectivity index (χ3v) is 4.82. The first kappa shape index (κ1) is 21.2. The standard InChI is InChI=1S/C20H22F3N3O3/c1-11-14(5-4-6-16(11)20(21,22)23)12(2)24-19-15(9-18-28-7-8-29-18)17(10-27)25-13(3)26-19/h4-6,10,12,18H,7-9H2,1-3H3,(H,24,25,26). The molecule has 0 amide bonds. The SMILES string of the molecule is Cc1nc(C=O)c(CC2OCCO2)c(NC(C)c2cccc(C(F)(F)F)c2C)n1. The molecule has 1 unspecified atom stereocenters. The van der Waals surface area contributed by atoms with E-state index in [1.165, 1.54) is 13.0 Å². The molecule has 0 saturated carbocycles. The van der Waals surface area contributed by atoms with Crippen molar-refractivity contribution in [1.82, 2.24) is 9.97 Å². The Morgan fingerprint density at radius 3 is 2.55 bits per heavy atom. The average Bonchev–Trinajstić information content (AvgIpc) is 3.15. The van der Waals surface area contributed by atoms with Gasteiger partial charge < -0.3 is 14.8 Å². The zero-order valence-electron chi connectivity index (χ0n) is 16.3. The van der Waals surface area contributed by atoms with E-state index in [9.17, 15) is 18.0 Å². The number of hydrogen-bond donors (Lipinski definition) is 1. The van der Waals surface area contributed by atoms with Gasteiger partial charge in [0, 0.05) is 12.0 Å². The highest BCUT2D eigenvalue weighted by Crippen LogP contribution is 2.35. The second-order valence-corrected chi connectivity index (χ2v) is 6.86. The number of rotatable bonds is 6. The summed E-state index contributed by atoms with van der Waals surface area (Å²) in [7, 11) is 0. The highest BCUT2D eigenvalue weighted by Gasteiger charge is 2.33. The Balaban J connectivity index is 1.95. The Morgan fingerprint density at radius 2 is 1.93 bits per heavy atom. The molecule has 0 spiro atoms. The van der Waals surface area contributed by atoms with Crippen LogP contribution < -0.4 is 5.32 Å². The highest BCUT2D eigenvalue weighted by molar-refractivity contribution is 5.77. The van der Waals surface area contributed by atoms with E-state index in [0.717, 1.165) is 6.07 Å². The van der Waals surface area contributed by atoms with E-state index in [2.05, 4.69) is 15.3 Å². The second kappa shape index (κ2) is 8.46. The Labute approximate surface area is 166 Å². The summed E-state index contributed by atoms with van der Waals surface area (Å²) in [5.41, 5.74) is 0.665. The molecule has 6 nitrogen and oxygen atoms in total. The molecule has 29 heavy (non-hydrogen) atoms. The molecule has 0 bridgehead atoms. The number of halogens is 3. The number of benzene rings is 1. The second-order valence-electron chi connectivity index (χ2n) is 6.86. The number of aryl methyl sites for hydroxylation is 1. The van der Waals surface area contributed by atoms with Gasteiger partial charge in [-0.3, -0.25) is 4.79 Å². The van der Waals surface area contributed by atoms with Crippen LogP contribution >= 0.6 is 0 Å². The van der Waals surface area contributed by atoms with Crippen LogP contribution in [0.2, 0.25) is 0 Å². The molecule has 1 saturated heterocycles. The van der Waals surface area contributed by atoms with Crippen LogP contribution in [0.25, 0.3) is 0 Å². The molecule has 9 heteroatoms. The van der Waals surface area contributed by atoms with Crippen molar-refractivity contribution in [3.05, 3.63) is 52.0 Å². The fraction of sp³-hybridized carbons (Fsp3) is 0.450. The lowest BCUT2D eigenvalue weighted by Crippen LogP contribution is -2.19. The number of aromatic nitrogens is 2. The Hall–Kier alpha value is -2.52. The minimum Gasteiger partial charge on any atom is -0.363 e. The summed E-state index contributed by atoms with van der Waals surface area (Å²) >= 11 is 0. The van der Waals surface area contributed by atoms with Crippen LogP contribution in [-0.4, -0.2) is 35.8 Å². The van der Waals surface area contributed by atoms with Crippen LogP contribution in [0, 0.1) is 13.8 Å². The topological polar surface area (TPSA) is 73.3 Å². The highest BCUT2D eigenvalue weighted by atomic mass is 19.4. The van der Waals surface area contributed by atoms with E-state index < -0.39 is 24.1 Å². The first-order valence-corrected chi connectivity index (χ1v) is 9.20. The van der Waals surface area contributed by atoms with Gasteiger partial charge in [0.25, 0.3) is 0 Å². The first-order valence-electron chi connectivity index (χ1n) is 9.20. The Morgan fingerprint density at radius 1 is 1.24 bits per heavy atom. The summed E-state index contributed by atoms with van der Waals surface area (Å²) < 4.78 is 50.7. The van der Waals surface area contributed by atoms with Crippen molar-refractivity contribution in [2.75, 3.05) is 18.5 Å². The van der Waals surface area contributed by atoms with E-state index in [1.807, 2.05) is 0 Å². The van der Waals surface area contributed by atoms with Crippen molar-refractivity contribution in [3.63, 3.8) is 0 Å². The summed E-state index contributed by atoms with van der Waals surface area (Å²) in [4.78, 5) is 20.1. The molecule has 1 N–H and O–H groups in total. The van der Waals surface area contributed by atoms with Crippen molar-refractivity contribution < 1.29 is 27.4 Å². The van der Waals surface area contributed by atoms with Gasteiger partial charge >= 0.3 is 6.18 Å². The normalized spacial score (nSPS) is 16.1. The van der Waals surface area contributed by atoms with Gasteiger partial charge in [-0.1, -0.05) is 12.1 Å². The van der Waals surface area contributed by atoms with Crippen molar-refractivity contribution in [2.24, 2.45) is 0 Å². The van der Waals surface area contributed by atoms with Gasteiger partial charge in [-0.25, -0.2) is 9.97 Å².